The van der Waals surface area contributed by atoms with E-state index in [9.17, 15) is 4.79 Å². The van der Waals surface area contributed by atoms with Crippen molar-refractivity contribution in [3.05, 3.63) is 0 Å². The molecule has 0 spiro atoms. The van der Waals surface area contributed by atoms with Crippen LogP contribution in [-0.2, 0) is 4.79 Å². The first-order chi connectivity index (χ1) is 6.02. The van der Waals surface area contributed by atoms with Crippen LogP contribution in [0.25, 0.3) is 0 Å². The molecule has 1 aliphatic rings. The van der Waals surface area contributed by atoms with Gasteiger partial charge in [-0.05, 0) is 18.9 Å². The molecule has 76 valence electrons. The second-order valence-corrected chi connectivity index (χ2v) is 4.47. The topological polar surface area (TPSA) is 46.3 Å². The van der Waals surface area contributed by atoms with Gasteiger partial charge in [-0.2, -0.15) is 0 Å². The zero-order valence-corrected chi connectivity index (χ0v) is 8.84. The first-order valence-electron chi connectivity index (χ1n) is 4.96. The van der Waals surface area contributed by atoms with Gasteiger partial charge in [0.15, 0.2) is 0 Å². The van der Waals surface area contributed by atoms with E-state index in [1.165, 1.54) is 0 Å². The highest BCUT2D eigenvalue weighted by Gasteiger charge is 2.38. The van der Waals surface area contributed by atoms with Crippen LogP contribution in [0.2, 0.25) is 0 Å². The summed E-state index contributed by atoms with van der Waals surface area (Å²) in [6.07, 6.45) is 1.61. The summed E-state index contributed by atoms with van der Waals surface area (Å²) in [7, 11) is 1.87. The summed E-state index contributed by atoms with van der Waals surface area (Å²) in [6, 6.07) is 0. The van der Waals surface area contributed by atoms with Crippen LogP contribution in [0, 0.1) is 11.3 Å². The molecular weight excluding hydrogens is 164 g/mol. The summed E-state index contributed by atoms with van der Waals surface area (Å²) in [5, 5.41) is 0. The van der Waals surface area contributed by atoms with Crippen LogP contribution in [0.3, 0.4) is 0 Å². The highest BCUT2D eigenvalue weighted by atomic mass is 16.2. The van der Waals surface area contributed by atoms with E-state index in [1.54, 1.807) is 0 Å². The van der Waals surface area contributed by atoms with Crippen molar-refractivity contribution in [2.75, 3.05) is 20.1 Å². The molecule has 0 radical (unpaired) electrons. The molecule has 0 bridgehead atoms. The standard InChI is InChI=1S/C10H20N2O/c1-8(2)10(6-11)5-4-9(13)12(3)7-10/h8H,4-7,11H2,1-3H3. The lowest BCUT2D eigenvalue weighted by Crippen LogP contribution is -2.50. The Kier molecular flexibility index (Phi) is 2.96. The SMILES string of the molecule is CC(C)C1(CN)CCC(=O)N(C)C1. The number of piperidine rings is 1. The van der Waals surface area contributed by atoms with Gasteiger partial charge in [0.05, 0.1) is 0 Å². The molecule has 0 saturated carbocycles. The normalized spacial score (nSPS) is 29.9. The minimum Gasteiger partial charge on any atom is -0.345 e. The van der Waals surface area contributed by atoms with Gasteiger partial charge < -0.3 is 10.6 Å². The van der Waals surface area contributed by atoms with Crippen molar-refractivity contribution in [2.24, 2.45) is 17.1 Å². The molecule has 1 atom stereocenters. The number of rotatable bonds is 2. The van der Waals surface area contributed by atoms with Crippen LogP contribution in [0.5, 0.6) is 0 Å². The molecule has 1 saturated heterocycles. The summed E-state index contributed by atoms with van der Waals surface area (Å²) in [5.41, 5.74) is 5.96. The van der Waals surface area contributed by atoms with E-state index < -0.39 is 0 Å². The summed E-state index contributed by atoms with van der Waals surface area (Å²) < 4.78 is 0. The highest BCUT2D eigenvalue weighted by Crippen LogP contribution is 2.35. The molecule has 1 amide bonds. The molecule has 1 aliphatic heterocycles. The van der Waals surface area contributed by atoms with E-state index in [-0.39, 0.29) is 11.3 Å². The third-order valence-electron chi connectivity index (χ3n) is 3.45. The maximum Gasteiger partial charge on any atom is 0.222 e. The summed E-state index contributed by atoms with van der Waals surface area (Å²) in [5.74, 6) is 0.803. The third kappa shape index (κ3) is 1.85. The number of hydrogen-bond acceptors (Lipinski definition) is 2. The molecule has 0 aromatic heterocycles. The van der Waals surface area contributed by atoms with Crippen LogP contribution < -0.4 is 5.73 Å². The lowest BCUT2D eigenvalue weighted by molar-refractivity contribution is -0.136. The molecule has 1 heterocycles. The number of carbonyl (C=O) groups excluding carboxylic acids is 1. The summed E-state index contributed by atoms with van der Waals surface area (Å²) in [6.45, 7) is 5.88. The van der Waals surface area contributed by atoms with Crippen LogP contribution >= 0.6 is 0 Å². The van der Waals surface area contributed by atoms with Gasteiger partial charge in [0, 0.05) is 25.4 Å². The van der Waals surface area contributed by atoms with Crippen molar-refractivity contribution >= 4 is 5.91 Å². The van der Waals surface area contributed by atoms with Crippen LogP contribution in [-0.4, -0.2) is 30.9 Å². The minimum atomic E-state index is 0.155. The highest BCUT2D eigenvalue weighted by molar-refractivity contribution is 5.76. The Morgan fingerprint density at radius 2 is 2.23 bits per heavy atom. The van der Waals surface area contributed by atoms with Crippen molar-refractivity contribution in [3.63, 3.8) is 0 Å². The molecule has 2 N–H and O–H groups in total. The molecule has 0 aromatic rings. The fourth-order valence-electron chi connectivity index (χ4n) is 2.06. The molecule has 0 aromatic carbocycles. The number of likely N-dealkylation sites (tertiary alicyclic amines) is 1. The Hall–Kier alpha value is -0.570. The average molecular weight is 184 g/mol. The van der Waals surface area contributed by atoms with E-state index in [1.807, 2.05) is 11.9 Å². The molecule has 13 heavy (non-hydrogen) atoms. The fourth-order valence-corrected chi connectivity index (χ4v) is 2.06. The van der Waals surface area contributed by atoms with Crippen LogP contribution in [0.15, 0.2) is 0 Å². The van der Waals surface area contributed by atoms with Crippen molar-refractivity contribution in [1.82, 2.24) is 4.90 Å². The molecule has 3 nitrogen and oxygen atoms in total. The minimum absolute atomic E-state index is 0.155. The van der Waals surface area contributed by atoms with E-state index in [2.05, 4.69) is 13.8 Å². The molecule has 1 fully saturated rings. The maximum absolute atomic E-state index is 11.3. The van der Waals surface area contributed by atoms with Crippen molar-refractivity contribution < 1.29 is 4.79 Å². The second-order valence-electron chi connectivity index (χ2n) is 4.47. The molecular formula is C10H20N2O. The van der Waals surface area contributed by atoms with Gasteiger partial charge in [0.2, 0.25) is 5.91 Å². The van der Waals surface area contributed by atoms with E-state index in [4.69, 9.17) is 5.73 Å². The first kappa shape index (κ1) is 10.5. The number of amides is 1. The second kappa shape index (κ2) is 3.66. The predicted octanol–water partition coefficient (Wildman–Crippen LogP) is 0.840. The van der Waals surface area contributed by atoms with Gasteiger partial charge in [-0.3, -0.25) is 4.79 Å². The van der Waals surface area contributed by atoms with E-state index in [0.717, 1.165) is 13.0 Å². The van der Waals surface area contributed by atoms with Crippen molar-refractivity contribution in [3.8, 4) is 0 Å². The molecule has 0 aliphatic carbocycles. The van der Waals surface area contributed by atoms with Gasteiger partial charge in [0.25, 0.3) is 0 Å². The van der Waals surface area contributed by atoms with Crippen molar-refractivity contribution in [1.29, 1.82) is 0 Å². The van der Waals surface area contributed by atoms with Gasteiger partial charge in [0.1, 0.15) is 0 Å². The Balaban J connectivity index is 2.74. The lowest BCUT2D eigenvalue weighted by atomic mass is 9.71. The number of nitrogens with two attached hydrogens (primary N) is 1. The maximum atomic E-state index is 11.3. The largest absolute Gasteiger partial charge is 0.345 e. The molecule has 1 rings (SSSR count). The summed E-state index contributed by atoms with van der Waals surface area (Å²) >= 11 is 0. The monoisotopic (exact) mass is 184 g/mol. The quantitative estimate of drug-likeness (QED) is 0.691. The average Bonchev–Trinajstić information content (AvgIpc) is 2.09. The first-order valence-corrected chi connectivity index (χ1v) is 4.96. The zero-order chi connectivity index (χ0) is 10.1. The Morgan fingerprint density at radius 1 is 1.62 bits per heavy atom. The third-order valence-corrected chi connectivity index (χ3v) is 3.45. The smallest absolute Gasteiger partial charge is 0.222 e. The Bertz CT molecular complexity index is 203. The lowest BCUT2D eigenvalue weighted by Gasteiger charge is -2.43. The number of nitrogens with zero attached hydrogens (tertiary/aromatic N) is 1. The summed E-state index contributed by atoms with van der Waals surface area (Å²) in [4.78, 5) is 13.1. The van der Waals surface area contributed by atoms with Crippen LogP contribution in [0.1, 0.15) is 26.7 Å². The number of hydrogen-bond donors (Lipinski definition) is 1. The van der Waals surface area contributed by atoms with Gasteiger partial charge in [-0.25, -0.2) is 0 Å². The molecule has 3 heteroatoms. The van der Waals surface area contributed by atoms with Gasteiger partial charge in [-0.15, -0.1) is 0 Å². The van der Waals surface area contributed by atoms with Gasteiger partial charge >= 0.3 is 0 Å². The van der Waals surface area contributed by atoms with Crippen LogP contribution in [0.4, 0.5) is 0 Å². The van der Waals surface area contributed by atoms with E-state index >= 15 is 0 Å². The van der Waals surface area contributed by atoms with Crippen molar-refractivity contribution in [2.45, 2.75) is 26.7 Å². The zero-order valence-electron chi connectivity index (χ0n) is 8.84. The van der Waals surface area contributed by atoms with E-state index in [0.29, 0.717) is 18.9 Å². The van der Waals surface area contributed by atoms with Gasteiger partial charge in [-0.1, -0.05) is 13.8 Å². The fraction of sp³-hybridized carbons (Fsp3) is 0.900. The molecule has 1 unspecified atom stereocenters. The Labute approximate surface area is 80.3 Å². The predicted molar refractivity (Wildman–Crippen MR) is 53.2 cm³/mol. The Morgan fingerprint density at radius 3 is 2.62 bits per heavy atom. The number of carbonyl (C=O) groups is 1.